The zero-order valence-corrected chi connectivity index (χ0v) is 19.1. The van der Waals surface area contributed by atoms with Gasteiger partial charge in [-0.15, -0.1) is 11.3 Å². The molecule has 7 nitrogen and oxygen atoms in total. The number of aryl methyl sites for hydroxylation is 1. The number of hydrogen-bond donors (Lipinski definition) is 2. The third kappa shape index (κ3) is 3.78. The number of benzene rings is 1. The normalized spacial score (nSPS) is 19.1. The van der Waals surface area contributed by atoms with Crippen LogP contribution in [0.3, 0.4) is 0 Å². The van der Waals surface area contributed by atoms with Gasteiger partial charge >= 0.3 is 0 Å². The second-order valence-corrected chi connectivity index (χ2v) is 9.02. The van der Waals surface area contributed by atoms with Gasteiger partial charge in [-0.2, -0.15) is 0 Å². The van der Waals surface area contributed by atoms with E-state index < -0.39 is 0 Å². The van der Waals surface area contributed by atoms with Crippen LogP contribution in [0.5, 0.6) is 0 Å². The number of nitrogens with zero attached hydrogens (tertiary/aromatic N) is 4. The van der Waals surface area contributed by atoms with Gasteiger partial charge in [-0.25, -0.2) is 14.4 Å². The van der Waals surface area contributed by atoms with Crippen molar-refractivity contribution in [3.05, 3.63) is 74.7 Å². The molecule has 1 atom stereocenters. The van der Waals surface area contributed by atoms with Gasteiger partial charge in [0.15, 0.2) is 11.7 Å². The average molecular weight is 463 g/mol. The predicted molar refractivity (Wildman–Crippen MR) is 132 cm³/mol. The highest BCUT2D eigenvalue weighted by Gasteiger charge is 2.36. The first-order valence-corrected chi connectivity index (χ1v) is 11.5. The lowest BCUT2D eigenvalue weighted by Crippen LogP contribution is -2.28. The molecule has 1 unspecified atom stereocenters. The minimum Gasteiger partial charge on any atom is -0.361 e. The molecule has 0 radical (unpaired) electrons. The van der Waals surface area contributed by atoms with Crippen molar-refractivity contribution in [2.75, 3.05) is 7.05 Å². The van der Waals surface area contributed by atoms with Crippen molar-refractivity contribution in [3.8, 4) is 11.1 Å². The molecule has 33 heavy (non-hydrogen) atoms. The van der Waals surface area contributed by atoms with Gasteiger partial charge in [0.25, 0.3) is 5.56 Å². The topological polar surface area (TPSA) is 82.6 Å². The number of amidine groups is 1. The van der Waals surface area contributed by atoms with Crippen LogP contribution in [-0.4, -0.2) is 30.3 Å². The maximum Gasteiger partial charge on any atom is 0.264 e. The van der Waals surface area contributed by atoms with Gasteiger partial charge in [-0.1, -0.05) is 12.1 Å². The third-order valence-corrected chi connectivity index (χ3v) is 6.97. The first kappa shape index (κ1) is 21.3. The highest BCUT2D eigenvalue weighted by molar-refractivity contribution is 7.15. The number of hydrogen-bond acceptors (Lipinski definition) is 6. The van der Waals surface area contributed by atoms with Crippen molar-refractivity contribution < 1.29 is 4.39 Å². The zero-order chi connectivity index (χ0) is 23.1. The maximum absolute atomic E-state index is 14.2. The summed E-state index contributed by atoms with van der Waals surface area (Å²) in [6.45, 7) is 5.62. The lowest BCUT2D eigenvalue weighted by molar-refractivity contribution is 0.528. The van der Waals surface area contributed by atoms with Crippen LogP contribution < -0.4 is 16.2 Å². The molecule has 168 valence electrons. The van der Waals surface area contributed by atoms with Gasteiger partial charge in [0.1, 0.15) is 16.3 Å². The minimum absolute atomic E-state index is 0.156. The minimum atomic E-state index is -0.383. The monoisotopic (exact) mass is 462 g/mol. The average Bonchev–Trinajstić information content (AvgIpc) is 3.41. The molecular formula is C24H23FN6OS. The summed E-state index contributed by atoms with van der Waals surface area (Å²) in [5, 5.41) is 8.43. The molecule has 1 saturated carbocycles. The molecule has 1 aliphatic heterocycles. The Bertz CT molecular complexity index is 1410. The van der Waals surface area contributed by atoms with Crippen LogP contribution in [-0.2, 0) is 0 Å². The molecule has 1 aromatic carbocycles. The Morgan fingerprint density at radius 3 is 2.91 bits per heavy atom. The van der Waals surface area contributed by atoms with Crippen LogP contribution in [0.25, 0.3) is 16.0 Å². The number of halogens is 1. The highest BCUT2D eigenvalue weighted by Crippen LogP contribution is 2.44. The fourth-order valence-corrected chi connectivity index (χ4v) is 5.17. The predicted octanol–water partition coefficient (Wildman–Crippen LogP) is 4.05. The first-order chi connectivity index (χ1) is 16.0. The molecule has 0 bridgehead atoms. The van der Waals surface area contributed by atoms with Crippen LogP contribution in [0.2, 0.25) is 0 Å². The van der Waals surface area contributed by atoms with Crippen LogP contribution in [0, 0.1) is 18.7 Å². The van der Waals surface area contributed by atoms with Crippen LogP contribution >= 0.6 is 11.3 Å². The maximum atomic E-state index is 14.2. The molecule has 2 N–H and O–H groups in total. The summed E-state index contributed by atoms with van der Waals surface area (Å²) in [5.74, 6) is 1.00. The molecule has 2 aliphatic rings. The number of nitrogens with one attached hydrogen (secondary N) is 2. The lowest BCUT2D eigenvalue weighted by Gasteiger charge is -2.23. The van der Waals surface area contributed by atoms with E-state index in [9.17, 15) is 9.18 Å². The van der Waals surface area contributed by atoms with Crippen molar-refractivity contribution in [1.82, 2.24) is 15.0 Å². The van der Waals surface area contributed by atoms with E-state index in [0.717, 1.165) is 28.9 Å². The molecule has 2 aromatic heterocycles. The lowest BCUT2D eigenvalue weighted by atomic mass is 9.93. The molecule has 1 fully saturated rings. The Morgan fingerprint density at radius 2 is 2.21 bits per heavy atom. The molecule has 0 amide bonds. The number of fused-ring (bicyclic) bond motifs is 1. The number of aromatic nitrogens is 1. The summed E-state index contributed by atoms with van der Waals surface area (Å²) in [5.41, 5.74) is 3.13. The third-order valence-electron chi connectivity index (χ3n) is 5.97. The van der Waals surface area contributed by atoms with Crippen molar-refractivity contribution >= 4 is 35.1 Å². The van der Waals surface area contributed by atoms with E-state index in [-0.39, 0.29) is 17.4 Å². The van der Waals surface area contributed by atoms with E-state index in [1.165, 1.54) is 23.5 Å². The highest BCUT2D eigenvalue weighted by atomic mass is 32.1. The van der Waals surface area contributed by atoms with E-state index >= 15 is 0 Å². The van der Waals surface area contributed by atoms with Gasteiger partial charge in [-0.05, 0) is 61.7 Å². The Balaban J connectivity index is 1.73. The van der Waals surface area contributed by atoms with E-state index in [2.05, 4.69) is 32.3 Å². The molecule has 3 aromatic rings. The summed E-state index contributed by atoms with van der Waals surface area (Å²) in [4.78, 5) is 27.3. The Kier molecular flexibility index (Phi) is 5.41. The Hall–Kier alpha value is -3.59. The van der Waals surface area contributed by atoms with Gasteiger partial charge in [0, 0.05) is 18.1 Å². The van der Waals surface area contributed by atoms with Crippen LogP contribution in [0.15, 0.2) is 67.0 Å². The van der Waals surface area contributed by atoms with Gasteiger partial charge in [0.05, 0.1) is 17.9 Å². The molecule has 9 heteroatoms. The molecule has 3 heterocycles. The van der Waals surface area contributed by atoms with Gasteiger partial charge in [-0.3, -0.25) is 14.2 Å². The largest absolute Gasteiger partial charge is 0.361 e. The molecule has 1 aliphatic carbocycles. The van der Waals surface area contributed by atoms with E-state index in [0.29, 0.717) is 34.4 Å². The Morgan fingerprint density at radius 1 is 1.39 bits per heavy atom. The summed E-state index contributed by atoms with van der Waals surface area (Å²) in [7, 11) is 1.67. The van der Waals surface area contributed by atoms with Crippen molar-refractivity contribution in [1.29, 1.82) is 0 Å². The van der Waals surface area contributed by atoms with Gasteiger partial charge in [0.2, 0.25) is 0 Å². The van der Waals surface area contributed by atoms with Crippen molar-refractivity contribution in [2.45, 2.75) is 25.8 Å². The summed E-state index contributed by atoms with van der Waals surface area (Å²) in [6.07, 6.45) is 3.58. The number of pyridine rings is 1. The van der Waals surface area contributed by atoms with Crippen molar-refractivity contribution in [3.63, 3.8) is 0 Å². The fraction of sp³-hybridized carbons (Fsp3) is 0.250. The van der Waals surface area contributed by atoms with E-state index in [1.807, 2.05) is 18.4 Å². The zero-order valence-electron chi connectivity index (χ0n) is 18.3. The van der Waals surface area contributed by atoms with E-state index in [1.54, 1.807) is 29.9 Å². The van der Waals surface area contributed by atoms with Crippen molar-refractivity contribution in [2.24, 2.45) is 20.9 Å². The smallest absolute Gasteiger partial charge is 0.264 e. The van der Waals surface area contributed by atoms with Gasteiger partial charge < -0.3 is 10.6 Å². The first-order valence-electron chi connectivity index (χ1n) is 10.6. The molecule has 0 saturated heterocycles. The molecule has 5 rings (SSSR count). The quantitative estimate of drug-likeness (QED) is 0.543. The number of aliphatic imine (C=N–C) groups is 3. The standard InChI is InChI=1S/C24H23FN6OS/c1-13-11-33-18-10-17(19(24(32)31(13)18)15-5-4-6-16(25)9-15)20(14-7-8-14)30-23(27-3)21-22(26-2)29-12-28-21/h4-6,9-12,14,20,30H,3,7-8H2,1-2H3,(H,26,28,29)/b23-21-. The molecular weight excluding hydrogens is 439 g/mol. The SMILES string of the molecule is C=N/C(NC(c1cc2scc(C)n2c(=O)c1-c1cccc(F)c1)C1CC1)=C1/N=CN/C1=N/C. The number of thiazole rings is 1. The Labute approximate surface area is 194 Å². The summed E-state index contributed by atoms with van der Waals surface area (Å²) >= 11 is 1.51. The fourth-order valence-electron chi connectivity index (χ4n) is 4.25. The van der Waals surface area contributed by atoms with E-state index in [4.69, 9.17) is 0 Å². The second kappa shape index (κ2) is 8.40. The summed E-state index contributed by atoms with van der Waals surface area (Å²) in [6, 6.07) is 8.02. The van der Waals surface area contributed by atoms with Crippen LogP contribution in [0.1, 0.15) is 30.1 Å². The molecule has 0 spiro atoms. The number of rotatable bonds is 6. The second-order valence-electron chi connectivity index (χ2n) is 8.13. The summed E-state index contributed by atoms with van der Waals surface area (Å²) < 4.78 is 15.9. The van der Waals surface area contributed by atoms with Crippen LogP contribution in [0.4, 0.5) is 4.39 Å².